The van der Waals surface area contributed by atoms with Crippen LogP contribution in [0.25, 0.3) is 0 Å². The third-order valence-corrected chi connectivity index (χ3v) is 8.19. The monoisotopic (exact) mass is 385 g/mol. The Kier molecular flexibility index (Phi) is 4.44. The van der Waals surface area contributed by atoms with Crippen LogP contribution in [-0.4, -0.2) is 30.5 Å². The minimum absolute atomic E-state index is 0.155. The van der Waals surface area contributed by atoms with E-state index >= 15 is 0 Å². The summed E-state index contributed by atoms with van der Waals surface area (Å²) in [7, 11) is 0. The lowest BCUT2D eigenvalue weighted by atomic mass is 9.46. The van der Waals surface area contributed by atoms with E-state index < -0.39 is 5.82 Å². The number of ether oxygens (including phenoxy) is 1. The van der Waals surface area contributed by atoms with Gasteiger partial charge in [-0.15, -0.1) is 0 Å². The van der Waals surface area contributed by atoms with Crippen LogP contribution in [-0.2, 0) is 0 Å². The Balaban J connectivity index is 1.34. The molecular weight excluding hydrogens is 353 g/mol. The summed E-state index contributed by atoms with van der Waals surface area (Å²) in [5, 5.41) is 0. The molecule has 28 heavy (non-hydrogen) atoms. The standard InChI is InChI=1S/C24H32FNO2/c1-24(2)17-8-7-16(20(24)11-17)14-28-22-13-21(25)19(12-18(22)15-5-6-15)23(27)26-9-3-4-10-26/h12-13,15-17,20H,3-11,14H2,1-2H3. The molecule has 4 aliphatic carbocycles. The lowest BCUT2D eigenvalue weighted by Gasteiger charge is -2.60. The molecule has 3 atom stereocenters. The number of halogens is 1. The molecule has 5 aliphatic rings. The molecule has 0 spiro atoms. The average molecular weight is 386 g/mol. The Labute approximate surface area is 167 Å². The van der Waals surface area contributed by atoms with Gasteiger partial charge in [0.15, 0.2) is 0 Å². The first-order valence-electron chi connectivity index (χ1n) is 11.2. The van der Waals surface area contributed by atoms with Gasteiger partial charge in [-0.25, -0.2) is 4.39 Å². The number of rotatable bonds is 5. The summed E-state index contributed by atoms with van der Waals surface area (Å²) >= 11 is 0. The molecule has 1 aromatic carbocycles. The SMILES string of the molecule is CC1(C)C2CCC(COc3cc(F)c(C(=O)N4CCCC4)cc3C3CC3)C1C2. The normalized spacial score (nSPS) is 30.8. The van der Waals surface area contributed by atoms with E-state index in [1.807, 2.05) is 0 Å². The molecule has 0 radical (unpaired) electrons. The first kappa shape index (κ1) is 18.4. The first-order valence-corrected chi connectivity index (χ1v) is 11.2. The van der Waals surface area contributed by atoms with Crippen molar-refractivity contribution in [1.82, 2.24) is 4.90 Å². The molecule has 6 rings (SSSR count). The van der Waals surface area contributed by atoms with Crippen LogP contribution in [0.4, 0.5) is 4.39 Å². The van der Waals surface area contributed by atoms with E-state index in [-0.39, 0.29) is 11.5 Å². The molecule has 0 N–H and O–H groups in total. The molecule has 152 valence electrons. The van der Waals surface area contributed by atoms with E-state index in [0.717, 1.165) is 56.2 Å². The minimum atomic E-state index is -0.427. The Morgan fingerprint density at radius 2 is 1.93 bits per heavy atom. The van der Waals surface area contributed by atoms with E-state index in [9.17, 15) is 9.18 Å². The average Bonchev–Trinajstić information content (AvgIpc) is 3.38. The van der Waals surface area contributed by atoms with Crippen molar-refractivity contribution in [2.75, 3.05) is 19.7 Å². The fraction of sp³-hybridized carbons (Fsp3) is 0.708. The number of nitrogens with zero attached hydrogens (tertiary/aromatic N) is 1. The lowest BCUT2D eigenvalue weighted by molar-refractivity contribution is -0.114. The number of fused-ring (bicyclic) bond motifs is 2. The fourth-order valence-electron chi connectivity index (χ4n) is 6.02. The van der Waals surface area contributed by atoms with E-state index in [4.69, 9.17) is 4.74 Å². The smallest absolute Gasteiger partial charge is 0.256 e. The summed E-state index contributed by atoms with van der Waals surface area (Å²) in [4.78, 5) is 14.5. The molecule has 4 saturated carbocycles. The second-order valence-electron chi connectivity index (χ2n) is 10.2. The summed E-state index contributed by atoms with van der Waals surface area (Å²) in [6.07, 6.45) is 8.11. The highest BCUT2D eigenvalue weighted by atomic mass is 19.1. The number of amides is 1. The third-order valence-electron chi connectivity index (χ3n) is 8.19. The predicted molar refractivity (Wildman–Crippen MR) is 107 cm³/mol. The van der Waals surface area contributed by atoms with Gasteiger partial charge < -0.3 is 9.64 Å². The van der Waals surface area contributed by atoms with Crippen molar-refractivity contribution in [3.05, 3.63) is 29.1 Å². The van der Waals surface area contributed by atoms with E-state index in [2.05, 4.69) is 13.8 Å². The molecule has 1 heterocycles. The predicted octanol–water partition coefficient (Wildman–Crippen LogP) is 5.39. The zero-order chi connectivity index (χ0) is 19.5. The zero-order valence-electron chi connectivity index (χ0n) is 17.2. The molecule has 3 nitrogen and oxygen atoms in total. The van der Waals surface area contributed by atoms with Crippen molar-refractivity contribution in [2.24, 2.45) is 23.2 Å². The summed E-state index contributed by atoms with van der Waals surface area (Å²) in [5.41, 5.74) is 1.71. The van der Waals surface area contributed by atoms with Crippen molar-refractivity contribution in [3.8, 4) is 5.75 Å². The van der Waals surface area contributed by atoms with Gasteiger partial charge in [-0.2, -0.15) is 0 Å². The highest BCUT2D eigenvalue weighted by molar-refractivity contribution is 5.95. The van der Waals surface area contributed by atoms with Gasteiger partial charge in [-0.05, 0) is 85.7 Å². The van der Waals surface area contributed by atoms with Gasteiger partial charge in [0.05, 0.1) is 12.2 Å². The Hall–Kier alpha value is -1.58. The van der Waals surface area contributed by atoms with E-state index in [1.165, 1.54) is 25.3 Å². The fourth-order valence-corrected chi connectivity index (χ4v) is 6.02. The third kappa shape index (κ3) is 3.04. The van der Waals surface area contributed by atoms with E-state index in [0.29, 0.717) is 29.6 Å². The highest BCUT2D eigenvalue weighted by Gasteiger charge is 2.54. The molecule has 1 aliphatic heterocycles. The largest absolute Gasteiger partial charge is 0.493 e. The second-order valence-corrected chi connectivity index (χ2v) is 10.2. The maximum Gasteiger partial charge on any atom is 0.256 e. The molecule has 4 heteroatoms. The quantitative estimate of drug-likeness (QED) is 0.680. The van der Waals surface area contributed by atoms with Gasteiger partial charge in [-0.1, -0.05) is 13.8 Å². The summed E-state index contributed by atoms with van der Waals surface area (Å²) in [5.74, 6) is 2.71. The maximum absolute atomic E-state index is 14.9. The molecule has 2 bridgehead atoms. The van der Waals surface area contributed by atoms with Gasteiger partial charge >= 0.3 is 0 Å². The van der Waals surface area contributed by atoms with Crippen molar-refractivity contribution < 1.29 is 13.9 Å². The Morgan fingerprint density at radius 1 is 1.18 bits per heavy atom. The molecule has 5 fully saturated rings. The van der Waals surface area contributed by atoms with E-state index in [1.54, 1.807) is 11.0 Å². The van der Waals surface area contributed by atoms with Crippen molar-refractivity contribution in [2.45, 2.75) is 64.7 Å². The zero-order valence-corrected chi connectivity index (χ0v) is 17.2. The minimum Gasteiger partial charge on any atom is -0.493 e. The first-order chi connectivity index (χ1) is 13.4. The number of likely N-dealkylation sites (tertiary alicyclic amines) is 1. The van der Waals surface area contributed by atoms with Gasteiger partial charge in [0.1, 0.15) is 11.6 Å². The van der Waals surface area contributed by atoms with Gasteiger partial charge in [-0.3, -0.25) is 4.79 Å². The number of carbonyl (C=O) groups is 1. The number of benzene rings is 1. The molecule has 1 aromatic rings. The topological polar surface area (TPSA) is 29.5 Å². The van der Waals surface area contributed by atoms with Crippen LogP contribution in [0, 0.1) is 29.0 Å². The second kappa shape index (κ2) is 6.74. The van der Waals surface area contributed by atoms with Gasteiger partial charge in [0.25, 0.3) is 5.91 Å². The summed E-state index contributed by atoms with van der Waals surface area (Å²) < 4.78 is 21.1. The van der Waals surface area contributed by atoms with Crippen LogP contribution in [0.1, 0.15) is 80.6 Å². The van der Waals surface area contributed by atoms with Crippen molar-refractivity contribution in [3.63, 3.8) is 0 Å². The summed E-state index contributed by atoms with van der Waals surface area (Å²) in [6.45, 7) is 6.96. The molecule has 1 amide bonds. The Morgan fingerprint density at radius 3 is 2.57 bits per heavy atom. The van der Waals surface area contributed by atoms with Crippen LogP contribution in [0.5, 0.6) is 5.75 Å². The van der Waals surface area contributed by atoms with Crippen molar-refractivity contribution >= 4 is 5.91 Å². The highest BCUT2D eigenvalue weighted by Crippen LogP contribution is 2.61. The van der Waals surface area contributed by atoms with Gasteiger partial charge in [0, 0.05) is 19.2 Å². The molecular formula is C24H32FNO2. The van der Waals surface area contributed by atoms with Crippen LogP contribution in [0.3, 0.4) is 0 Å². The maximum atomic E-state index is 14.9. The van der Waals surface area contributed by atoms with Crippen LogP contribution < -0.4 is 4.74 Å². The summed E-state index contributed by atoms with van der Waals surface area (Å²) in [6, 6.07) is 3.29. The number of hydrogen-bond donors (Lipinski definition) is 0. The van der Waals surface area contributed by atoms with Crippen LogP contribution in [0.2, 0.25) is 0 Å². The molecule has 1 saturated heterocycles. The Bertz CT molecular complexity index is 777. The van der Waals surface area contributed by atoms with Crippen LogP contribution >= 0.6 is 0 Å². The lowest BCUT2D eigenvalue weighted by Crippen LogP contribution is -2.53. The number of hydrogen-bond acceptors (Lipinski definition) is 2. The van der Waals surface area contributed by atoms with Crippen molar-refractivity contribution in [1.29, 1.82) is 0 Å². The van der Waals surface area contributed by atoms with Crippen LogP contribution in [0.15, 0.2) is 12.1 Å². The molecule has 0 aromatic heterocycles. The molecule has 3 unspecified atom stereocenters. The van der Waals surface area contributed by atoms with Gasteiger partial charge in [0.2, 0.25) is 0 Å². The number of carbonyl (C=O) groups excluding carboxylic acids is 1.